The van der Waals surface area contributed by atoms with Crippen LogP contribution in [0.3, 0.4) is 0 Å². The molecule has 0 saturated carbocycles. The van der Waals surface area contributed by atoms with Crippen LogP contribution in [0.4, 0.5) is 5.95 Å². The molecule has 0 spiro atoms. The molecule has 3 rings (SSSR count). The molecule has 1 aliphatic rings. The quantitative estimate of drug-likeness (QED) is 0.378. The van der Waals surface area contributed by atoms with Gasteiger partial charge in [-0.2, -0.15) is 4.98 Å². The Morgan fingerprint density at radius 1 is 1.39 bits per heavy atom. The molecule has 0 bridgehead atoms. The predicted octanol–water partition coefficient (Wildman–Crippen LogP) is 1.05. The van der Waals surface area contributed by atoms with E-state index in [9.17, 15) is 15.0 Å². The third-order valence-corrected chi connectivity index (χ3v) is 6.35. The maximum absolute atomic E-state index is 12.3. The van der Waals surface area contributed by atoms with E-state index in [1.54, 1.807) is 0 Å². The van der Waals surface area contributed by atoms with Crippen molar-refractivity contribution in [2.75, 3.05) is 31.4 Å². The van der Waals surface area contributed by atoms with Gasteiger partial charge in [-0.3, -0.25) is 14.3 Å². The number of aromatic amines is 1. The fourth-order valence-corrected chi connectivity index (χ4v) is 4.21. The summed E-state index contributed by atoms with van der Waals surface area (Å²) in [4.78, 5) is 23.5. The molecule has 156 valence electrons. The maximum atomic E-state index is 12.3. The lowest BCUT2D eigenvalue weighted by Crippen LogP contribution is -2.32. The Kier molecular flexibility index (Phi) is 6.29. The summed E-state index contributed by atoms with van der Waals surface area (Å²) in [5.41, 5.74) is 0.111. The minimum atomic E-state index is -1.27. The molecule has 0 amide bonds. The van der Waals surface area contributed by atoms with Gasteiger partial charge in [0.25, 0.3) is 5.56 Å². The van der Waals surface area contributed by atoms with Gasteiger partial charge in [-0.1, -0.05) is 13.3 Å². The number of anilines is 1. The van der Waals surface area contributed by atoms with E-state index in [1.807, 2.05) is 0 Å². The maximum Gasteiger partial charge on any atom is 0.280 e. The summed E-state index contributed by atoms with van der Waals surface area (Å²) >= 11 is 0. The third-order valence-electron chi connectivity index (χ3n) is 4.89. The van der Waals surface area contributed by atoms with Gasteiger partial charge in [-0.05, 0) is 32.3 Å². The second kappa shape index (κ2) is 8.37. The molecule has 1 saturated heterocycles. The van der Waals surface area contributed by atoms with Crippen LogP contribution in [0.25, 0.3) is 11.2 Å². The van der Waals surface area contributed by atoms with E-state index >= 15 is 0 Å². The van der Waals surface area contributed by atoms with Gasteiger partial charge in [0, 0.05) is 6.54 Å². The first-order chi connectivity index (χ1) is 13.2. The van der Waals surface area contributed by atoms with Gasteiger partial charge in [0.15, 0.2) is 17.4 Å². The van der Waals surface area contributed by atoms with E-state index in [0.717, 1.165) is 19.0 Å². The summed E-state index contributed by atoms with van der Waals surface area (Å²) in [6, 6.07) is 0. The number of ether oxygens (including phenoxy) is 1. The van der Waals surface area contributed by atoms with Crippen molar-refractivity contribution in [3.05, 3.63) is 16.7 Å². The molecule has 1 fully saturated rings. The SMILES string of the molecule is C=P(C)(C)CCC1O[C@@H](n2cnc3c(=O)[nH]c(NCCCC)nc32)[C@H](O)[C@@H]1O. The van der Waals surface area contributed by atoms with Crippen molar-refractivity contribution in [2.24, 2.45) is 0 Å². The van der Waals surface area contributed by atoms with Crippen LogP contribution in [0, 0.1) is 0 Å². The molecule has 2 aromatic rings. The van der Waals surface area contributed by atoms with Crippen molar-refractivity contribution in [2.45, 2.75) is 50.7 Å². The number of nitrogens with one attached hydrogen (secondary N) is 2. The number of aliphatic hydroxyl groups is 2. The summed E-state index contributed by atoms with van der Waals surface area (Å²) in [7, 11) is 0. The number of hydrogen-bond donors (Lipinski definition) is 4. The Morgan fingerprint density at radius 2 is 2.14 bits per heavy atom. The molecule has 0 aromatic carbocycles. The van der Waals surface area contributed by atoms with E-state index in [0.29, 0.717) is 24.6 Å². The zero-order chi connectivity index (χ0) is 20.5. The summed E-state index contributed by atoms with van der Waals surface area (Å²) in [5.74, 6) is 0.348. The molecule has 10 heteroatoms. The Morgan fingerprint density at radius 3 is 2.82 bits per heavy atom. The van der Waals surface area contributed by atoms with E-state index in [4.69, 9.17) is 4.74 Å². The average Bonchev–Trinajstić information content (AvgIpc) is 3.15. The first-order valence-corrected chi connectivity index (χ1v) is 12.7. The van der Waals surface area contributed by atoms with Crippen molar-refractivity contribution in [3.63, 3.8) is 0 Å². The zero-order valence-electron chi connectivity index (χ0n) is 16.6. The number of hydrogen-bond acceptors (Lipinski definition) is 7. The lowest BCUT2D eigenvalue weighted by Gasteiger charge is -2.18. The van der Waals surface area contributed by atoms with Crippen LogP contribution in [0.15, 0.2) is 11.1 Å². The average molecular weight is 411 g/mol. The lowest BCUT2D eigenvalue weighted by molar-refractivity contribution is -0.0353. The van der Waals surface area contributed by atoms with Gasteiger partial charge in [0.1, 0.15) is 12.2 Å². The van der Waals surface area contributed by atoms with Crippen LogP contribution < -0.4 is 10.9 Å². The van der Waals surface area contributed by atoms with E-state index in [1.165, 1.54) is 10.9 Å². The number of aromatic nitrogens is 4. The fraction of sp³-hybridized carbons (Fsp3) is 0.667. The second-order valence-corrected chi connectivity index (χ2v) is 12.3. The number of rotatable bonds is 8. The highest BCUT2D eigenvalue weighted by Crippen LogP contribution is 2.39. The van der Waals surface area contributed by atoms with E-state index in [-0.39, 0.29) is 11.1 Å². The Hall–Kier alpha value is -1.67. The van der Waals surface area contributed by atoms with Gasteiger partial charge in [0.05, 0.1) is 12.4 Å². The molecule has 1 aliphatic heterocycles. The van der Waals surface area contributed by atoms with Gasteiger partial charge < -0.3 is 20.3 Å². The molecule has 4 N–H and O–H groups in total. The van der Waals surface area contributed by atoms with Crippen LogP contribution in [0.1, 0.15) is 32.4 Å². The number of nitrogens with zero attached hydrogens (tertiary/aromatic N) is 3. The molecule has 4 atom stereocenters. The highest BCUT2D eigenvalue weighted by atomic mass is 31.2. The topological polar surface area (TPSA) is 125 Å². The molecular weight excluding hydrogens is 381 g/mol. The Balaban J connectivity index is 1.86. The standard InChI is InChI=1S/C18H30N5O4P/c1-5-6-8-19-18-21-15-12(16(26)22-18)20-10-23(15)17-14(25)13(24)11(27-17)7-9-28(2,3)4/h10-11,13-14,17,24-25H,2,5-9H2,1,3-4H3,(H2,19,21,22,26)/t11?,13-,14-,17-/m1/s1. The smallest absolute Gasteiger partial charge is 0.280 e. The lowest BCUT2D eigenvalue weighted by atomic mass is 10.1. The first kappa shape index (κ1) is 21.0. The van der Waals surface area contributed by atoms with E-state index in [2.05, 4.69) is 46.8 Å². The summed E-state index contributed by atoms with van der Waals surface area (Å²) < 4.78 is 7.47. The van der Waals surface area contributed by atoms with Crippen molar-refractivity contribution in [1.82, 2.24) is 19.5 Å². The van der Waals surface area contributed by atoms with Crippen molar-refractivity contribution >= 4 is 30.3 Å². The minimum absolute atomic E-state index is 0.166. The molecule has 0 radical (unpaired) electrons. The number of H-pyrrole nitrogens is 1. The monoisotopic (exact) mass is 411 g/mol. The Labute approximate surface area is 164 Å². The highest BCUT2D eigenvalue weighted by molar-refractivity contribution is 7.72. The molecule has 2 aromatic heterocycles. The van der Waals surface area contributed by atoms with Crippen LogP contribution in [0.5, 0.6) is 0 Å². The highest BCUT2D eigenvalue weighted by Gasteiger charge is 2.44. The molecule has 0 aliphatic carbocycles. The van der Waals surface area contributed by atoms with Crippen molar-refractivity contribution in [3.8, 4) is 0 Å². The van der Waals surface area contributed by atoms with Crippen LogP contribution in [0.2, 0.25) is 0 Å². The number of fused-ring (bicyclic) bond motifs is 1. The van der Waals surface area contributed by atoms with Gasteiger partial charge in [0.2, 0.25) is 5.95 Å². The molecule has 28 heavy (non-hydrogen) atoms. The number of aliphatic hydroxyl groups excluding tert-OH is 2. The minimum Gasteiger partial charge on any atom is -0.388 e. The van der Waals surface area contributed by atoms with Crippen LogP contribution in [-0.2, 0) is 4.74 Å². The van der Waals surface area contributed by atoms with Gasteiger partial charge in [-0.15, -0.1) is 13.2 Å². The zero-order valence-corrected chi connectivity index (χ0v) is 17.5. The first-order valence-electron chi connectivity index (χ1n) is 9.61. The van der Waals surface area contributed by atoms with Gasteiger partial charge in [-0.25, -0.2) is 4.98 Å². The van der Waals surface area contributed by atoms with Crippen LogP contribution in [-0.4, -0.2) is 80.4 Å². The second-order valence-electron chi connectivity index (χ2n) is 8.01. The molecule has 3 heterocycles. The van der Waals surface area contributed by atoms with Crippen molar-refractivity contribution < 1.29 is 14.9 Å². The Bertz CT molecular complexity index is 920. The summed E-state index contributed by atoms with van der Waals surface area (Å²) in [6.07, 6.45) is 5.53. The van der Waals surface area contributed by atoms with Crippen molar-refractivity contribution in [1.29, 1.82) is 0 Å². The molecular formula is C18H30N5O4P. The molecule has 9 nitrogen and oxygen atoms in total. The summed E-state index contributed by atoms with van der Waals surface area (Å²) in [6.45, 7) is 5.74. The van der Waals surface area contributed by atoms with Crippen LogP contribution >= 0.6 is 6.89 Å². The van der Waals surface area contributed by atoms with E-state index < -0.39 is 31.4 Å². The third kappa shape index (κ3) is 4.49. The fourth-order valence-electron chi connectivity index (χ4n) is 3.25. The largest absolute Gasteiger partial charge is 0.388 e. The number of unbranched alkanes of at least 4 members (excludes halogenated alkanes) is 1. The predicted molar refractivity (Wildman–Crippen MR) is 113 cm³/mol. The number of imidazole rings is 1. The van der Waals surface area contributed by atoms with Gasteiger partial charge >= 0.3 is 0 Å². The summed E-state index contributed by atoms with van der Waals surface area (Å²) in [5, 5.41) is 24.1. The molecule has 1 unspecified atom stereocenters. The normalized spacial score (nSPS) is 25.5.